The lowest BCUT2D eigenvalue weighted by Gasteiger charge is -2.35. The molecule has 8 nitrogen and oxygen atoms in total. The highest BCUT2D eigenvalue weighted by molar-refractivity contribution is 5.88. The molecule has 1 aliphatic rings. The minimum Gasteiger partial charge on any atom is -0.493 e. The molecule has 166 valence electrons. The van der Waals surface area contributed by atoms with E-state index in [0.717, 1.165) is 11.3 Å². The van der Waals surface area contributed by atoms with Gasteiger partial charge in [0, 0.05) is 57.1 Å². The van der Waals surface area contributed by atoms with E-state index in [4.69, 9.17) is 9.47 Å². The van der Waals surface area contributed by atoms with Crippen molar-refractivity contribution in [2.24, 2.45) is 0 Å². The van der Waals surface area contributed by atoms with Crippen molar-refractivity contribution >= 4 is 11.8 Å². The molecule has 0 spiro atoms. The summed E-state index contributed by atoms with van der Waals surface area (Å²) >= 11 is 0. The van der Waals surface area contributed by atoms with Gasteiger partial charge in [0.15, 0.2) is 11.5 Å². The van der Waals surface area contributed by atoms with Crippen LogP contribution < -0.4 is 14.8 Å². The zero-order valence-electron chi connectivity index (χ0n) is 18.3. The van der Waals surface area contributed by atoms with Gasteiger partial charge in [-0.05, 0) is 18.2 Å². The fraction of sp³-hybridized carbons (Fsp3) is 0.435. The number of aromatic nitrogens is 1. The fourth-order valence-corrected chi connectivity index (χ4v) is 3.74. The standard InChI is InChI=1S/C23H30N4O4/c1-26(13-10-18-8-4-5-11-24-18)21(28)15-19-23(29)25-12-14-27(19)16-17-7-6-9-20(30-2)22(17)31-3/h4-9,11,19H,10,12-16H2,1-3H3,(H,25,29)/t19-/m1/s1. The van der Waals surface area contributed by atoms with E-state index in [1.54, 1.807) is 32.4 Å². The molecule has 0 bridgehead atoms. The second-order valence-electron chi connectivity index (χ2n) is 7.52. The molecule has 1 atom stereocenters. The smallest absolute Gasteiger partial charge is 0.237 e. The predicted octanol–water partition coefficient (Wildman–Crippen LogP) is 1.49. The summed E-state index contributed by atoms with van der Waals surface area (Å²) in [5.74, 6) is 1.09. The Hall–Kier alpha value is -3.13. The Labute approximate surface area is 183 Å². The molecule has 31 heavy (non-hydrogen) atoms. The van der Waals surface area contributed by atoms with Crippen LogP contribution in [0.1, 0.15) is 17.7 Å². The van der Waals surface area contributed by atoms with Gasteiger partial charge < -0.3 is 19.7 Å². The summed E-state index contributed by atoms with van der Waals surface area (Å²) in [6.45, 7) is 2.24. The Morgan fingerprint density at radius 3 is 2.77 bits per heavy atom. The molecule has 1 aliphatic heterocycles. The highest BCUT2D eigenvalue weighted by Crippen LogP contribution is 2.32. The van der Waals surface area contributed by atoms with E-state index in [2.05, 4.69) is 10.3 Å². The van der Waals surface area contributed by atoms with Crippen LogP contribution in [0.2, 0.25) is 0 Å². The summed E-state index contributed by atoms with van der Waals surface area (Å²) in [6, 6.07) is 10.9. The molecule has 0 saturated carbocycles. The zero-order valence-corrected chi connectivity index (χ0v) is 18.3. The van der Waals surface area contributed by atoms with Gasteiger partial charge in [-0.15, -0.1) is 0 Å². The van der Waals surface area contributed by atoms with Crippen molar-refractivity contribution in [3.8, 4) is 11.5 Å². The number of benzene rings is 1. The van der Waals surface area contributed by atoms with Crippen LogP contribution in [0.25, 0.3) is 0 Å². The third kappa shape index (κ3) is 5.73. The Morgan fingerprint density at radius 2 is 2.06 bits per heavy atom. The summed E-state index contributed by atoms with van der Waals surface area (Å²) in [6.07, 6.45) is 2.54. The second kappa shape index (κ2) is 10.8. The van der Waals surface area contributed by atoms with E-state index >= 15 is 0 Å². The maximum absolute atomic E-state index is 12.9. The van der Waals surface area contributed by atoms with Crippen molar-refractivity contribution in [3.05, 3.63) is 53.9 Å². The molecule has 8 heteroatoms. The maximum atomic E-state index is 12.9. The van der Waals surface area contributed by atoms with Gasteiger partial charge in [-0.2, -0.15) is 0 Å². The first kappa shape index (κ1) is 22.6. The zero-order chi connectivity index (χ0) is 22.2. The third-order valence-electron chi connectivity index (χ3n) is 5.52. The van der Waals surface area contributed by atoms with E-state index in [-0.39, 0.29) is 18.2 Å². The predicted molar refractivity (Wildman–Crippen MR) is 117 cm³/mol. The number of carbonyl (C=O) groups is 2. The molecule has 2 heterocycles. The van der Waals surface area contributed by atoms with E-state index in [0.29, 0.717) is 44.1 Å². The average Bonchev–Trinajstić information content (AvgIpc) is 2.80. The minimum absolute atomic E-state index is 0.0689. The number of hydrogen-bond acceptors (Lipinski definition) is 6. The van der Waals surface area contributed by atoms with E-state index in [9.17, 15) is 9.59 Å². The van der Waals surface area contributed by atoms with Gasteiger partial charge in [0.05, 0.1) is 26.7 Å². The van der Waals surface area contributed by atoms with Crippen LogP contribution in [0.3, 0.4) is 0 Å². The Bertz CT molecular complexity index is 890. The normalized spacial score (nSPS) is 16.5. The number of amides is 2. The molecule has 1 fully saturated rings. The number of likely N-dealkylation sites (N-methyl/N-ethyl adjacent to an activating group) is 1. The number of nitrogens with zero attached hydrogens (tertiary/aromatic N) is 3. The first-order valence-electron chi connectivity index (χ1n) is 10.4. The third-order valence-corrected chi connectivity index (χ3v) is 5.52. The van der Waals surface area contributed by atoms with E-state index in [1.165, 1.54) is 0 Å². The Kier molecular flexibility index (Phi) is 7.83. The molecule has 1 N–H and O–H groups in total. The molecule has 2 aromatic rings. The van der Waals surface area contributed by atoms with Gasteiger partial charge in [-0.25, -0.2) is 0 Å². The Balaban J connectivity index is 1.66. The van der Waals surface area contributed by atoms with Crippen molar-refractivity contribution in [2.75, 3.05) is 40.9 Å². The fourth-order valence-electron chi connectivity index (χ4n) is 3.74. The lowest BCUT2D eigenvalue weighted by atomic mass is 10.1. The number of piperazine rings is 1. The second-order valence-corrected chi connectivity index (χ2v) is 7.52. The summed E-state index contributed by atoms with van der Waals surface area (Å²) in [4.78, 5) is 33.5. The van der Waals surface area contributed by atoms with Gasteiger partial charge in [0.1, 0.15) is 0 Å². The number of ether oxygens (including phenoxy) is 2. The molecule has 3 rings (SSSR count). The highest BCUT2D eigenvalue weighted by atomic mass is 16.5. The molecule has 1 aromatic carbocycles. The number of methoxy groups -OCH3 is 2. The molecule has 1 saturated heterocycles. The first-order valence-corrected chi connectivity index (χ1v) is 10.4. The van der Waals surface area contributed by atoms with E-state index in [1.807, 2.05) is 41.3 Å². The SMILES string of the molecule is COc1cccc(CN2CCNC(=O)[C@H]2CC(=O)N(C)CCc2ccccn2)c1OC. The summed E-state index contributed by atoms with van der Waals surface area (Å²) < 4.78 is 10.9. The summed E-state index contributed by atoms with van der Waals surface area (Å²) in [5, 5.41) is 2.88. The maximum Gasteiger partial charge on any atom is 0.237 e. The summed E-state index contributed by atoms with van der Waals surface area (Å²) in [7, 11) is 4.96. The Morgan fingerprint density at radius 1 is 1.23 bits per heavy atom. The van der Waals surface area contributed by atoms with Crippen molar-refractivity contribution < 1.29 is 19.1 Å². The van der Waals surface area contributed by atoms with Crippen LogP contribution in [-0.2, 0) is 22.6 Å². The van der Waals surface area contributed by atoms with Crippen LogP contribution in [0, 0.1) is 0 Å². The molecule has 0 radical (unpaired) electrons. The van der Waals surface area contributed by atoms with Gasteiger partial charge >= 0.3 is 0 Å². The number of rotatable bonds is 9. The van der Waals surface area contributed by atoms with Crippen molar-refractivity contribution in [2.45, 2.75) is 25.4 Å². The number of pyridine rings is 1. The quantitative estimate of drug-likeness (QED) is 0.654. The molecular weight excluding hydrogens is 396 g/mol. The lowest BCUT2D eigenvalue weighted by Crippen LogP contribution is -2.56. The molecule has 2 amide bonds. The van der Waals surface area contributed by atoms with Gasteiger partial charge in [-0.1, -0.05) is 18.2 Å². The van der Waals surface area contributed by atoms with E-state index < -0.39 is 6.04 Å². The first-order chi connectivity index (χ1) is 15.0. The topological polar surface area (TPSA) is 84.0 Å². The van der Waals surface area contributed by atoms with Crippen molar-refractivity contribution in [3.63, 3.8) is 0 Å². The van der Waals surface area contributed by atoms with Gasteiger partial charge in [0.25, 0.3) is 0 Å². The van der Waals surface area contributed by atoms with Crippen molar-refractivity contribution in [1.29, 1.82) is 0 Å². The van der Waals surface area contributed by atoms with Gasteiger partial charge in [0.2, 0.25) is 11.8 Å². The van der Waals surface area contributed by atoms with Crippen LogP contribution in [0.15, 0.2) is 42.6 Å². The number of hydrogen-bond donors (Lipinski definition) is 1. The number of carbonyl (C=O) groups excluding carboxylic acids is 2. The van der Waals surface area contributed by atoms with Crippen LogP contribution >= 0.6 is 0 Å². The largest absolute Gasteiger partial charge is 0.493 e. The van der Waals surface area contributed by atoms with Crippen molar-refractivity contribution in [1.82, 2.24) is 20.1 Å². The minimum atomic E-state index is -0.533. The van der Waals surface area contributed by atoms with Gasteiger partial charge in [-0.3, -0.25) is 19.5 Å². The molecule has 0 aliphatic carbocycles. The lowest BCUT2D eigenvalue weighted by molar-refractivity contribution is -0.138. The number of para-hydroxylation sites is 1. The molecular formula is C23H30N4O4. The van der Waals surface area contributed by atoms with Crippen LogP contribution in [0.4, 0.5) is 0 Å². The highest BCUT2D eigenvalue weighted by Gasteiger charge is 2.33. The monoisotopic (exact) mass is 426 g/mol. The summed E-state index contributed by atoms with van der Waals surface area (Å²) in [5.41, 5.74) is 1.85. The average molecular weight is 427 g/mol. The molecule has 1 aromatic heterocycles. The number of nitrogens with one attached hydrogen (secondary N) is 1. The van der Waals surface area contributed by atoms with Crippen LogP contribution in [-0.4, -0.2) is 73.5 Å². The molecule has 0 unspecified atom stereocenters. The van der Waals surface area contributed by atoms with Crippen LogP contribution in [0.5, 0.6) is 11.5 Å².